The van der Waals surface area contributed by atoms with Crippen LogP contribution in [-0.4, -0.2) is 15.0 Å². The Morgan fingerprint density at radius 1 is 1.56 bits per heavy atom. The normalized spacial score (nSPS) is 12.9. The van der Waals surface area contributed by atoms with Crippen molar-refractivity contribution in [3.05, 3.63) is 33.8 Å². The van der Waals surface area contributed by atoms with Crippen molar-refractivity contribution in [1.82, 2.24) is 20.4 Å². The lowest BCUT2D eigenvalue weighted by atomic mass is 10.1. The van der Waals surface area contributed by atoms with E-state index in [0.29, 0.717) is 0 Å². The second kappa shape index (κ2) is 4.73. The van der Waals surface area contributed by atoms with Crippen molar-refractivity contribution in [2.24, 2.45) is 12.9 Å². The summed E-state index contributed by atoms with van der Waals surface area (Å²) in [6.07, 6.45) is 2.66. The van der Waals surface area contributed by atoms with Crippen LogP contribution in [0.2, 0.25) is 0 Å². The van der Waals surface area contributed by atoms with Crippen LogP contribution in [0, 0.1) is 6.92 Å². The Kier molecular flexibility index (Phi) is 3.33. The number of hydrazine groups is 1. The lowest BCUT2D eigenvalue weighted by Gasteiger charge is -2.11. The fourth-order valence-corrected chi connectivity index (χ4v) is 2.52. The summed E-state index contributed by atoms with van der Waals surface area (Å²) >= 11 is 1.75. The molecule has 2 rings (SSSR count). The van der Waals surface area contributed by atoms with E-state index in [-0.39, 0.29) is 6.04 Å². The average Bonchev–Trinajstić information content (AvgIpc) is 2.84. The van der Waals surface area contributed by atoms with Gasteiger partial charge in [-0.3, -0.25) is 16.0 Å². The van der Waals surface area contributed by atoms with Gasteiger partial charge in [0, 0.05) is 29.4 Å². The van der Waals surface area contributed by atoms with Crippen molar-refractivity contribution in [2.45, 2.75) is 19.4 Å². The smallest absolute Gasteiger partial charge is 0.0846 e. The Hall–Kier alpha value is -1.24. The molecule has 0 radical (unpaired) electrons. The maximum Gasteiger partial charge on any atom is 0.0846 e. The molecule has 0 fully saturated rings. The molecule has 0 aliphatic carbocycles. The third-order valence-corrected chi connectivity index (χ3v) is 3.48. The first-order valence-corrected chi connectivity index (χ1v) is 5.88. The van der Waals surface area contributed by atoms with Crippen molar-refractivity contribution in [3.63, 3.8) is 0 Å². The highest BCUT2D eigenvalue weighted by atomic mass is 32.1. The lowest BCUT2D eigenvalue weighted by Crippen LogP contribution is -2.29. The highest BCUT2D eigenvalue weighted by Gasteiger charge is 2.14. The molecule has 2 aromatic heterocycles. The minimum Gasteiger partial charge on any atom is -0.271 e. The summed E-state index contributed by atoms with van der Waals surface area (Å²) in [6.45, 7) is 2.09. The molecule has 1 unspecified atom stereocenters. The number of hydrogen-bond acceptors (Lipinski definition) is 5. The average molecular weight is 237 g/mol. The van der Waals surface area contributed by atoms with Gasteiger partial charge in [-0.1, -0.05) is 5.21 Å². The number of nitrogens with one attached hydrogen (secondary N) is 1. The zero-order chi connectivity index (χ0) is 11.5. The lowest BCUT2D eigenvalue weighted by molar-refractivity contribution is 0.554. The molecule has 0 bridgehead atoms. The first-order valence-electron chi connectivity index (χ1n) is 5.06. The van der Waals surface area contributed by atoms with Gasteiger partial charge in [0.25, 0.3) is 0 Å². The van der Waals surface area contributed by atoms with Gasteiger partial charge in [-0.2, -0.15) is 0 Å². The Balaban J connectivity index is 2.12. The summed E-state index contributed by atoms with van der Waals surface area (Å²) in [7, 11) is 1.86. The van der Waals surface area contributed by atoms with Gasteiger partial charge in [-0.25, -0.2) is 0 Å². The zero-order valence-electron chi connectivity index (χ0n) is 9.34. The largest absolute Gasteiger partial charge is 0.271 e. The van der Waals surface area contributed by atoms with Crippen LogP contribution >= 0.6 is 11.3 Å². The molecule has 0 amide bonds. The minimum absolute atomic E-state index is 0.107. The van der Waals surface area contributed by atoms with Gasteiger partial charge >= 0.3 is 0 Å². The van der Waals surface area contributed by atoms with Crippen molar-refractivity contribution in [2.75, 3.05) is 0 Å². The Bertz CT molecular complexity index is 461. The Morgan fingerprint density at radius 3 is 2.88 bits per heavy atom. The molecule has 86 valence electrons. The number of hydrogen-bond donors (Lipinski definition) is 2. The van der Waals surface area contributed by atoms with Crippen LogP contribution in [-0.2, 0) is 13.5 Å². The topological polar surface area (TPSA) is 68.8 Å². The maximum atomic E-state index is 5.57. The zero-order valence-corrected chi connectivity index (χ0v) is 10.2. The SMILES string of the molecule is Cc1ccc(C(Cc2cn(C)nn2)NN)s1. The van der Waals surface area contributed by atoms with Crippen LogP contribution < -0.4 is 11.3 Å². The summed E-state index contributed by atoms with van der Waals surface area (Å²) in [5, 5.41) is 7.96. The molecule has 0 saturated heterocycles. The Morgan fingerprint density at radius 2 is 2.38 bits per heavy atom. The van der Waals surface area contributed by atoms with Crippen molar-refractivity contribution in [3.8, 4) is 0 Å². The fraction of sp³-hybridized carbons (Fsp3) is 0.400. The van der Waals surface area contributed by atoms with E-state index >= 15 is 0 Å². The molecule has 5 nitrogen and oxygen atoms in total. The van der Waals surface area contributed by atoms with Crippen LogP contribution in [0.1, 0.15) is 21.5 Å². The number of thiophene rings is 1. The van der Waals surface area contributed by atoms with Gasteiger partial charge in [0.05, 0.1) is 11.7 Å². The van der Waals surface area contributed by atoms with Crippen LogP contribution in [0.4, 0.5) is 0 Å². The van der Waals surface area contributed by atoms with Crippen LogP contribution in [0.5, 0.6) is 0 Å². The summed E-state index contributed by atoms with van der Waals surface area (Å²) in [4.78, 5) is 2.51. The molecule has 0 aromatic carbocycles. The van der Waals surface area contributed by atoms with Gasteiger partial charge in [0.15, 0.2) is 0 Å². The highest BCUT2D eigenvalue weighted by molar-refractivity contribution is 7.12. The standard InChI is InChI=1S/C10H15N5S/c1-7-3-4-10(16-7)9(12-11)5-8-6-15(2)14-13-8/h3-4,6,9,12H,5,11H2,1-2H3. The predicted molar refractivity (Wildman–Crippen MR) is 63.8 cm³/mol. The monoisotopic (exact) mass is 237 g/mol. The van der Waals surface area contributed by atoms with Crippen LogP contribution in [0.25, 0.3) is 0 Å². The summed E-state index contributed by atoms with van der Waals surface area (Å²) in [6, 6.07) is 4.30. The molecule has 2 heterocycles. The number of aryl methyl sites for hydroxylation is 2. The third kappa shape index (κ3) is 2.46. The maximum absolute atomic E-state index is 5.57. The number of nitrogens with zero attached hydrogens (tertiary/aromatic N) is 3. The molecule has 0 saturated carbocycles. The van der Waals surface area contributed by atoms with E-state index in [9.17, 15) is 0 Å². The van der Waals surface area contributed by atoms with Gasteiger partial charge in [-0.05, 0) is 19.1 Å². The van der Waals surface area contributed by atoms with E-state index < -0.39 is 0 Å². The number of rotatable bonds is 4. The molecule has 2 aromatic rings. The minimum atomic E-state index is 0.107. The van der Waals surface area contributed by atoms with E-state index in [2.05, 4.69) is 34.8 Å². The number of nitrogens with two attached hydrogens (primary N) is 1. The number of aromatic nitrogens is 3. The highest BCUT2D eigenvalue weighted by Crippen LogP contribution is 2.24. The van der Waals surface area contributed by atoms with Crippen molar-refractivity contribution in [1.29, 1.82) is 0 Å². The van der Waals surface area contributed by atoms with E-state index in [1.165, 1.54) is 9.75 Å². The first kappa shape index (κ1) is 11.3. The van der Waals surface area contributed by atoms with Gasteiger partial charge in [-0.15, -0.1) is 16.4 Å². The van der Waals surface area contributed by atoms with Crippen molar-refractivity contribution < 1.29 is 0 Å². The summed E-state index contributed by atoms with van der Waals surface area (Å²) in [5.41, 5.74) is 3.76. The Labute approximate surface area is 98.2 Å². The third-order valence-electron chi connectivity index (χ3n) is 2.37. The van der Waals surface area contributed by atoms with E-state index in [1.54, 1.807) is 16.0 Å². The van der Waals surface area contributed by atoms with Crippen molar-refractivity contribution >= 4 is 11.3 Å². The molecule has 0 aliphatic rings. The van der Waals surface area contributed by atoms with E-state index in [1.807, 2.05) is 13.2 Å². The van der Waals surface area contributed by atoms with E-state index in [4.69, 9.17) is 5.84 Å². The summed E-state index contributed by atoms with van der Waals surface area (Å²) in [5.74, 6) is 5.57. The van der Waals surface area contributed by atoms with Gasteiger partial charge in [0.1, 0.15) is 0 Å². The molecular formula is C10H15N5S. The molecule has 6 heteroatoms. The first-order chi connectivity index (χ1) is 7.69. The molecule has 0 spiro atoms. The fourth-order valence-electron chi connectivity index (χ4n) is 1.58. The second-order valence-corrected chi connectivity index (χ2v) is 5.07. The van der Waals surface area contributed by atoms with Crippen LogP contribution in [0.15, 0.2) is 18.3 Å². The second-order valence-electron chi connectivity index (χ2n) is 3.76. The predicted octanol–water partition coefficient (Wildman–Crippen LogP) is 0.932. The molecule has 16 heavy (non-hydrogen) atoms. The van der Waals surface area contributed by atoms with Gasteiger partial charge in [0.2, 0.25) is 0 Å². The molecular weight excluding hydrogens is 222 g/mol. The molecule has 1 atom stereocenters. The van der Waals surface area contributed by atoms with Gasteiger partial charge < -0.3 is 0 Å². The summed E-state index contributed by atoms with van der Waals surface area (Å²) < 4.78 is 1.70. The van der Waals surface area contributed by atoms with E-state index in [0.717, 1.165) is 12.1 Å². The molecule has 3 N–H and O–H groups in total. The molecule has 0 aliphatic heterocycles. The van der Waals surface area contributed by atoms with Crippen LogP contribution in [0.3, 0.4) is 0 Å². The quantitative estimate of drug-likeness (QED) is 0.613.